The molecule has 0 saturated carbocycles. The van der Waals surface area contributed by atoms with E-state index in [1.807, 2.05) is 20.1 Å². The first-order valence-corrected chi connectivity index (χ1v) is 13.1. The maximum atomic E-state index is 12.8. The van der Waals surface area contributed by atoms with Crippen molar-refractivity contribution in [2.75, 3.05) is 18.6 Å². The Kier molecular flexibility index (Phi) is 7.12. The number of thioether (sulfide) groups is 1. The number of carbonyl (C=O) groups excluding carboxylic acids is 1. The fourth-order valence-electron chi connectivity index (χ4n) is 4.70. The van der Waals surface area contributed by atoms with Crippen LogP contribution in [-0.2, 0) is 28.9 Å². The molecule has 1 aromatic carbocycles. The van der Waals surface area contributed by atoms with Crippen molar-refractivity contribution in [2.24, 2.45) is 0 Å². The summed E-state index contributed by atoms with van der Waals surface area (Å²) in [6.45, 7) is 3.64. The third-order valence-corrected chi connectivity index (χ3v) is 7.13. The highest BCUT2D eigenvalue weighted by Crippen LogP contribution is 2.44. The Bertz CT molecular complexity index is 1170. The van der Waals surface area contributed by atoms with Crippen molar-refractivity contribution in [3.8, 4) is 11.5 Å². The zero-order chi connectivity index (χ0) is 24.5. The lowest BCUT2D eigenvalue weighted by Gasteiger charge is -2.33. The Morgan fingerprint density at radius 2 is 1.94 bits per heavy atom. The summed E-state index contributed by atoms with van der Waals surface area (Å²) in [6.07, 6.45) is 6.98. The molecule has 0 spiro atoms. The Labute approximate surface area is 202 Å². The molecule has 184 valence electrons. The van der Waals surface area contributed by atoms with Gasteiger partial charge in [-0.05, 0) is 76.4 Å². The van der Waals surface area contributed by atoms with Gasteiger partial charge in [0.05, 0.1) is 5.39 Å². The standard InChI is InChI=1S/C25H31NO7S/c1-25(2)10-8-16-18(33-25)12-19(31-13-20(27)26-17(23(28)29)9-11-34-3)21-14-6-4-5-7-15(14)24(30)32-22(16)21/h12,17H,4-11,13H2,1-3H3,(H,26,27)(H,28,29)/t17-/m1/s1. The quantitative estimate of drug-likeness (QED) is 0.542. The number of carboxylic acid groups (broad SMARTS) is 1. The maximum absolute atomic E-state index is 12.8. The van der Waals surface area contributed by atoms with Gasteiger partial charge in [-0.1, -0.05) is 0 Å². The van der Waals surface area contributed by atoms with Crippen LogP contribution in [0.15, 0.2) is 15.3 Å². The van der Waals surface area contributed by atoms with Gasteiger partial charge in [-0.3, -0.25) is 4.79 Å². The summed E-state index contributed by atoms with van der Waals surface area (Å²) in [5.41, 5.74) is 2.21. The van der Waals surface area contributed by atoms with Crippen LogP contribution in [0.25, 0.3) is 11.0 Å². The van der Waals surface area contributed by atoms with Gasteiger partial charge in [0.25, 0.3) is 5.91 Å². The molecule has 0 saturated heterocycles. The lowest BCUT2D eigenvalue weighted by Crippen LogP contribution is -2.43. The average molecular weight is 490 g/mol. The van der Waals surface area contributed by atoms with Gasteiger partial charge in [-0.2, -0.15) is 11.8 Å². The minimum atomic E-state index is -1.08. The van der Waals surface area contributed by atoms with E-state index < -0.39 is 17.9 Å². The third-order valence-electron chi connectivity index (χ3n) is 6.48. The van der Waals surface area contributed by atoms with E-state index in [4.69, 9.17) is 13.9 Å². The van der Waals surface area contributed by atoms with Crippen LogP contribution < -0.4 is 20.4 Å². The Morgan fingerprint density at radius 3 is 2.65 bits per heavy atom. The van der Waals surface area contributed by atoms with Gasteiger partial charge in [-0.25, -0.2) is 9.59 Å². The summed E-state index contributed by atoms with van der Waals surface area (Å²) in [5, 5.41) is 12.7. The van der Waals surface area contributed by atoms with E-state index in [0.29, 0.717) is 47.7 Å². The highest BCUT2D eigenvalue weighted by atomic mass is 32.2. The molecule has 1 amide bonds. The molecule has 2 aromatic rings. The second-order valence-electron chi connectivity index (χ2n) is 9.50. The van der Waals surface area contributed by atoms with E-state index in [0.717, 1.165) is 42.2 Å². The molecule has 2 N–H and O–H groups in total. The molecule has 1 aliphatic carbocycles. The van der Waals surface area contributed by atoms with Gasteiger partial charge in [0.1, 0.15) is 28.7 Å². The van der Waals surface area contributed by atoms with Crippen LogP contribution in [0, 0.1) is 0 Å². The highest BCUT2D eigenvalue weighted by molar-refractivity contribution is 7.98. The minimum absolute atomic E-state index is 0.317. The number of amides is 1. The summed E-state index contributed by atoms with van der Waals surface area (Å²) in [7, 11) is 0. The fraction of sp³-hybridized carbons (Fsp3) is 0.560. The SMILES string of the molecule is CSCC[C@@H](NC(=O)COc1cc2c(c3oc(=O)c4c(c13)CCCC4)CCC(C)(C)O2)C(=O)O. The summed E-state index contributed by atoms with van der Waals surface area (Å²) in [6, 6.07) is 0.808. The molecule has 0 fully saturated rings. The van der Waals surface area contributed by atoms with Crippen molar-refractivity contribution in [1.29, 1.82) is 0 Å². The number of fused-ring (bicyclic) bond motifs is 5. The van der Waals surface area contributed by atoms with Crippen molar-refractivity contribution in [1.82, 2.24) is 5.32 Å². The predicted octanol–water partition coefficient (Wildman–Crippen LogP) is 3.48. The number of carboxylic acids is 1. The number of hydrogen-bond donors (Lipinski definition) is 2. The number of nitrogens with one attached hydrogen (secondary N) is 1. The summed E-state index contributed by atoms with van der Waals surface area (Å²) in [5.74, 6) is 0.0206. The topological polar surface area (TPSA) is 115 Å². The van der Waals surface area contributed by atoms with E-state index in [9.17, 15) is 19.5 Å². The van der Waals surface area contributed by atoms with E-state index in [-0.39, 0.29) is 17.8 Å². The highest BCUT2D eigenvalue weighted by Gasteiger charge is 2.32. The Morgan fingerprint density at radius 1 is 1.21 bits per heavy atom. The van der Waals surface area contributed by atoms with E-state index in [1.54, 1.807) is 6.07 Å². The third kappa shape index (κ3) is 5.04. The molecule has 1 aliphatic heterocycles. The zero-order valence-corrected chi connectivity index (χ0v) is 20.6. The van der Waals surface area contributed by atoms with Gasteiger partial charge in [0, 0.05) is 17.2 Å². The Balaban J connectivity index is 1.69. The van der Waals surface area contributed by atoms with E-state index >= 15 is 0 Å². The molecular weight excluding hydrogens is 458 g/mol. The molecule has 0 unspecified atom stereocenters. The van der Waals surface area contributed by atoms with E-state index in [1.165, 1.54) is 11.8 Å². The number of benzene rings is 1. The van der Waals surface area contributed by atoms with Crippen LogP contribution in [0.1, 0.15) is 56.2 Å². The van der Waals surface area contributed by atoms with Crippen LogP contribution in [0.2, 0.25) is 0 Å². The lowest BCUT2D eigenvalue weighted by molar-refractivity contribution is -0.142. The second kappa shape index (κ2) is 9.90. The molecular formula is C25H31NO7S. The number of carbonyl (C=O) groups is 2. The predicted molar refractivity (Wildman–Crippen MR) is 130 cm³/mol. The molecule has 2 aliphatic rings. The molecule has 0 radical (unpaired) electrons. The number of aliphatic carboxylic acids is 1. The molecule has 4 rings (SSSR count). The first-order chi connectivity index (χ1) is 16.2. The van der Waals surface area contributed by atoms with Gasteiger partial charge in [0.15, 0.2) is 6.61 Å². The fourth-order valence-corrected chi connectivity index (χ4v) is 5.17. The van der Waals surface area contributed by atoms with Crippen molar-refractivity contribution in [3.63, 3.8) is 0 Å². The smallest absolute Gasteiger partial charge is 0.339 e. The maximum Gasteiger partial charge on any atom is 0.339 e. The molecule has 0 bridgehead atoms. The summed E-state index contributed by atoms with van der Waals surface area (Å²) < 4.78 is 17.9. The number of hydrogen-bond acceptors (Lipinski definition) is 7. The molecule has 9 heteroatoms. The molecule has 8 nitrogen and oxygen atoms in total. The van der Waals surface area contributed by atoms with Gasteiger partial charge in [0.2, 0.25) is 0 Å². The van der Waals surface area contributed by atoms with E-state index in [2.05, 4.69) is 5.32 Å². The Hall–Kier alpha value is -2.68. The summed E-state index contributed by atoms with van der Waals surface area (Å²) >= 11 is 1.52. The molecule has 1 aromatic heterocycles. The van der Waals surface area contributed by atoms with Gasteiger partial charge in [-0.15, -0.1) is 0 Å². The lowest BCUT2D eigenvalue weighted by atomic mass is 9.87. The van der Waals surface area contributed by atoms with Crippen LogP contribution in [0.4, 0.5) is 0 Å². The molecule has 1 atom stereocenters. The van der Waals surface area contributed by atoms with Gasteiger partial charge < -0.3 is 24.3 Å². The first-order valence-electron chi connectivity index (χ1n) is 11.7. The normalized spacial score (nSPS) is 17.3. The van der Waals surface area contributed by atoms with Crippen LogP contribution >= 0.6 is 11.8 Å². The number of rotatable bonds is 8. The first kappa shape index (κ1) is 24.4. The average Bonchev–Trinajstić information content (AvgIpc) is 2.79. The molecule has 2 heterocycles. The van der Waals surface area contributed by atoms with Crippen LogP contribution in [0.3, 0.4) is 0 Å². The number of ether oxygens (including phenoxy) is 2. The van der Waals surface area contributed by atoms with Gasteiger partial charge >= 0.3 is 11.6 Å². The van der Waals surface area contributed by atoms with Crippen molar-refractivity contribution < 1.29 is 28.6 Å². The largest absolute Gasteiger partial charge is 0.487 e. The zero-order valence-electron chi connectivity index (χ0n) is 19.8. The molecule has 34 heavy (non-hydrogen) atoms. The number of aryl methyl sites for hydroxylation is 2. The monoisotopic (exact) mass is 489 g/mol. The second-order valence-corrected chi connectivity index (χ2v) is 10.5. The van der Waals surface area contributed by atoms with Crippen molar-refractivity contribution in [2.45, 2.75) is 70.4 Å². The minimum Gasteiger partial charge on any atom is -0.487 e. The summed E-state index contributed by atoms with van der Waals surface area (Å²) in [4.78, 5) is 36.8. The van der Waals surface area contributed by atoms with Crippen molar-refractivity contribution in [3.05, 3.63) is 33.2 Å². The van der Waals surface area contributed by atoms with Crippen LogP contribution in [-0.4, -0.2) is 47.2 Å². The van der Waals surface area contributed by atoms with Crippen molar-refractivity contribution >= 4 is 34.6 Å². The van der Waals surface area contributed by atoms with Crippen LogP contribution in [0.5, 0.6) is 11.5 Å².